The topological polar surface area (TPSA) is 82.5 Å². The average Bonchev–Trinajstić information content (AvgIpc) is 2.75. The molecule has 17 heavy (non-hydrogen) atoms. The summed E-state index contributed by atoms with van der Waals surface area (Å²) in [5, 5.41) is 12.0. The predicted octanol–water partition coefficient (Wildman–Crippen LogP) is 1.17. The van der Waals surface area contributed by atoms with E-state index in [2.05, 4.69) is 20.5 Å². The summed E-state index contributed by atoms with van der Waals surface area (Å²) in [6, 6.07) is 3.93. The fourth-order valence-electron chi connectivity index (χ4n) is 1.29. The van der Waals surface area contributed by atoms with Crippen molar-refractivity contribution in [1.82, 2.24) is 25.2 Å². The number of aryl methyl sites for hydroxylation is 1. The van der Waals surface area contributed by atoms with Crippen molar-refractivity contribution in [1.29, 1.82) is 0 Å². The molecule has 0 saturated carbocycles. The van der Waals surface area contributed by atoms with Gasteiger partial charge >= 0.3 is 0 Å². The summed E-state index contributed by atoms with van der Waals surface area (Å²) in [6.45, 7) is 2.04. The van der Waals surface area contributed by atoms with E-state index in [1.165, 1.54) is 11.8 Å². The van der Waals surface area contributed by atoms with Gasteiger partial charge in [0.1, 0.15) is 0 Å². The minimum absolute atomic E-state index is 0.00513. The Morgan fingerprint density at radius 2 is 2.29 bits per heavy atom. The van der Waals surface area contributed by atoms with Gasteiger partial charge in [0, 0.05) is 24.2 Å². The zero-order chi connectivity index (χ0) is 12.3. The molecule has 2 heterocycles. The lowest BCUT2D eigenvalue weighted by atomic mass is 10.1. The van der Waals surface area contributed by atoms with Gasteiger partial charge in [0.25, 0.3) is 0 Å². The third kappa shape index (κ3) is 2.80. The lowest BCUT2D eigenvalue weighted by molar-refractivity contribution is 0.664. The number of nitrogens with zero attached hydrogens (tertiary/aromatic N) is 5. The first-order valence-electron chi connectivity index (χ1n) is 5.32. The molecule has 0 spiro atoms. The fourth-order valence-corrected chi connectivity index (χ4v) is 1.99. The predicted molar refractivity (Wildman–Crippen MR) is 64.4 cm³/mol. The Bertz CT molecular complexity index is 480. The minimum Gasteiger partial charge on any atom is -0.323 e. The van der Waals surface area contributed by atoms with Crippen LogP contribution >= 0.6 is 11.8 Å². The number of tetrazole rings is 1. The lowest BCUT2D eigenvalue weighted by Gasteiger charge is -2.08. The standard InChI is InChI=1S/C10H14N6S/c1-3-8(11)9-5-4-7(6-12-9)17-10-13-14-15-16(10)2/h4-6,8H,3,11H2,1-2H3/t8-/m1/s1. The van der Waals surface area contributed by atoms with Crippen molar-refractivity contribution >= 4 is 11.8 Å². The highest BCUT2D eigenvalue weighted by molar-refractivity contribution is 7.99. The largest absolute Gasteiger partial charge is 0.323 e. The summed E-state index contributed by atoms with van der Waals surface area (Å²) < 4.78 is 1.62. The Kier molecular flexibility index (Phi) is 3.70. The van der Waals surface area contributed by atoms with Gasteiger partial charge in [0.2, 0.25) is 5.16 Å². The highest BCUT2D eigenvalue weighted by Gasteiger charge is 2.07. The molecule has 0 aliphatic carbocycles. The van der Waals surface area contributed by atoms with Crippen LogP contribution in [0.15, 0.2) is 28.4 Å². The van der Waals surface area contributed by atoms with Crippen LogP contribution in [0.2, 0.25) is 0 Å². The van der Waals surface area contributed by atoms with Gasteiger partial charge in [-0.25, -0.2) is 4.68 Å². The maximum Gasteiger partial charge on any atom is 0.213 e. The summed E-state index contributed by atoms with van der Waals surface area (Å²) >= 11 is 1.47. The molecule has 7 heteroatoms. The van der Waals surface area contributed by atoms with E-state index in [1.807, 2.05) is 19.1 Å². The Balaban J connectivity index is 2.11. The van der Waals surface area contributed by atoms with Gasteiger partial charge in [-0.1, -0.05) is 6.92 Å². The second kappa shape index (κ2) is 5.24. The van der Waals surface area contributed by atoms with Crippen LogP contribution in [0.5, 0.6) is 0 Å². The van der Waals surface area contributed by atoms with Crippen LogP contribution in [0.25, 0.3) is 0 Å². The third-order valence-corrected chi connectivity index (χ3v) is 3.37. The van der Waals surface area contributed by atoms with Crippen molar-refractivity contribution in [2.75, 3.05) is 0 Å². The Hall–Kier alpha value is -1.47. The molecule has 0 bridgehead atoms. The first-order valence-corrected chi connectivity index (χ1v) is 6.14. The van der Waals surface area contributed by atoms with Crippen molar-refractivity contribution in [3.8, 4) is 0 Å². The quantitative estimate of drug-likeness (QED) is 0.877. The molecule has 90 valence electrons. The molecule has 0 aliphatic heterocycles. The van der Waals surface area contributed by atoms with Crippen LogP contribution in [0.1, 0.15) is 25.1 Å². The van der Waals surface area contributed by atoms with E-state index in [-0.39, 0.29) is 6.04 Å². The van der Waals surface area contributed by atoms with Crippen LogP contribution in [0.3, 0.4) is 0 Å². The number of nitrogens with two attached hydrogens (primary N) is 1. The first kappa shape index (κ1) is 12.0. The third-order valence-electron chi connectivity index (χ3n) is 2.37. The number of aromatic nitrogens is 5. The molecule has 0 aromatic carbocycles. The zero-order valence-electron chi connectivity index (χ0n) is 9.74. The number of hydrogen-bond acceptors (Lipinski definition) is 6. The molecular weight excluding hydrogens is 236 g/mol. The van der Waals surface area contributed by atoms with Crippen molar-refractivity contribution in [3.63, 3.8) is 0 Å². The highest BCUT2D eigenvalue weighted by Crippen LogP contribution is 2.24. The molecule has 2 aromatic heterocycles. The average molecular weight is 250 g/mol. The summed E-state index contributed by atoms with van der Waals surface area (Å²) in [5.41, 5.74) is 6.81. The maximum atomic E-state index is 5.90. The van der Waals surface area contributed by atoms with Crippen LogP contribution in [0.4, 0.5) is 0 Å². The lowest BCUT2D eigenvalue weighted by Crippen LogP contribution is -2.10. The second-order valence-electron chi connectivity index (χ2n) is 3.62. The van der Waals surface area contributed by atoms with Crippen molar-refractivity contribution in [2.45, 2.75) is 29.4 Å². The Morgan fingerprint density at radius 1 is 1.47 bits per heavy atom. The van der Waals surface area contributed by atoms with E-state index in [0.29, 0.717) is 0 Å². The summed E-state index contributed by atoms with van der Waals surface area (Å²) in [6.07, 6.45) is 2.68. The maximum absolute atomic E-state index is 5.90. The van der Waals surface area contributed by atoms with Gasteiger partial charge in [0.05, 0.1) is 5.69 Å². The Labute approximate surface area is 104 Å². The summed E-state index contributed by atoms with van der Waals surface area (Å²) in [5.74, 6) is 0. The van der Waals surface area contributed by atoms with Crippen LogP contribution in [-0.4, -0.2) is 25.2 Å². The number of pyridine rings is 1. The monoisotopic (exact) mass is 250 g/mol. The van der Waals surface area contributed by atoms with Gasteiger partial charge in [-0.15, -0.1) is 5.10 Å². The van der Waals surface area contributed by atoms with Crippen LogP contribution < -0.4 is 5.73 Å². The molecule has 2 N–H and O–H groups in total. The van der Waals surface area contributed by atoms with Crippen LogP contribution in [-0.2, 0) is 7.05 Å². The zero-order valence-corrected chi connectivity index (χ0v) is 10.6. The van der Waals surface area contributed by atoms with Gasteiger partial charge in [0.15, 0.2) is 0 Å². The molecule has 2 aromatic rings. The molecule has 0 fully saturated rings. The van der Waals surface area contributed by atoms with Crippen molar-refractivity contribution in [3.05, 3.63) is 24.0 Å². The molecule has 6 nitrogen and oxygen atoms in total. The van der Waals surface area contributed by atoms with E-state index < -0.39 is 0 Å². The van der Waals surface area contributed by atoms with E-state index in [9.17, 15) is 0 Å². The van der Waals surface area contributed by atoms with Crippen molar-refractivity contribution in [2.24, 2.45) is 12.8 Å². The van der Waals surface area contributed by atoms with E-state index in [1.54, 1.807) is 17.9 Å². The molecule has 1 atom stereocenters. The Morgan fingerprint density at radius 3 is 2.82 bits per heavy atom. The van der Waals surface area contributed by atoms with Gasteiger partial charge in [-0.3, -0.25) is 4.98 Å². The molecule has 0 saturated heterocycles. The number of hydrogen-bond donors (Lipinski definition) is 1. The summed E-state index contributed by atoms with van der Waals surface area (Å²) in [7, 11) is 1.80. The molecule has 0 radical (unpaired) electrons. The highest BCUT2D eigenvalue weighted by atomic mass is 32.2. The molecular formula is C10H14N6S. The van der Waals surface area contributed by atoms with E-state index in [0.717, 1.165) is 22.2 Å². The summed E-state index contributed by atoms with van der Waals surface area (Å²) in [4.78, 5) is 5.33. The SMILES string of the molecule is CC[C@@H](N)c1ccc(Sc2nnnn2C)cn1. The van der Waals surface area contributed by atoms with E-state index in [4.69, 9.17) is 5.73 Å². The fraction of sp³-hybridized carbons (Fsp3) is 0.400. The molecule has 0 aliphatic rings. The van der Waals surface area contributed by atoms with Gasteiger partial charge in [-0.05, 0) is 40.7 Å². The second-order valence-corrected chi connectivity index (χ2v) is 4.66. The normalized spacial score (nSPS) is 12.6. The first-order chi connectivity index (χ1) is 8.20. The van der Waals surface area contributed by atoms with E-state index >= 15 is 0 Å². The molecule has 0 unspecified atom stereocenters. The molecule has 2 rings (SSSR count). The van der Waals surface area contributed by atoms with Gasteiger partial charge in [-0.2, -0.15) is 0 Å². The van der Waals surface area contributed by atoms with Crippen molar-refractivity contribution < 1.29 is 0 Å². The minimum atomic E-state index is 0.00513. The molecule has 0 amide bonds. The van der Waals surface area contributed by atoms with Gasteiger partial charge < -0.3 is 5.73 Å². The van der Waals surface area contributed by atoms with Crippen LogP contribution in [0, 0.1) is 0 Å². The number of rotatable bonds is 4. The smallest absolute Gasteiger partial charge is 0.213 e.